The molecular weight excluding hydrogens is 330 g/mol. The summed E-state index contributed by atoms with van der Waals surface area (Å²) in [5, 5.41) is 0. The molecule has 0 atom stereocenters. The summed E-state index contributed by atoms with van der Waals surface area (Å²) >= 11 is 1.25. The lowest BCUT2D eigenvalue weighted by molar-refractivity contribution is -0.117. The van der Waals surface area contributed by atoms with Crippen molar-refractivity contribution in [1.82, 2.24) is 4.57 Å². The molecule has 0 aliphatic carbocycles. The number of hydrogen-bond acceptors (Lipinski definition) is 2. The molecule has 0 spiro atoms. The zero-order valence-electron chi connectivity index (χ0n) is 12.7. The topological polar surface area (TPSA) is 34.4 Å². The lowest BCUT2D eigenvalue weighted by Gasteiger charge is -2.02. The zero-order chi connectivity index (χ0) is 17.1. The average molecular weight is 344 g/mol. The van der Waals surface area contributed by atoms with Crippen molar-refractivity contribution in [2.45, 2.75) is 13.0 Å². The number of fused-ring (bicyclic) bond motifs is 1. The fourth-order valence-corrected chi connectivity index (χ4v) is 3.46. The molecule has 0 fully saturated rings. The number of thiazole rings is 1. The van der Waals surface area contributed by atoms with Crippen LogP contribution in [0.5, 0.6) is 0 Å². The highest BCUT2D eigenvalue weighted by Crippen LogP contribution is 2.20. The highest BCUT2D eigenvalue weighted by Gasteiger charge is 2.11. The Morgan fingerprint density at radius 3 is 2.67 bits per heavy atom. The maximum atomic E-state index is 14.1. The van der Waals surface area contributed by atoms with Crippen LogP contribution in [0.1, 0.15) is 5.56 Å². The maximum Gasteiger partial charge on any atom is 0.252 e. The number of nitrogens with zero attached hydrogens (tertiary/aromatic N) is 2. The highest BCUT2D eigenvalue weighted by molar-refractivity contribution is 7.16. The molecule has 0 bridgehead atoms. The molecule has 0 unspecified atom stereocenters. The molecule has 1 aromatic heterocycles. The molecule has 0 saturated carbocycles. The molecular formula is C18H14F2N2OS. The van der Waals surface area contributed by atoms with E-state index in [2.05, 4.69) is 11.6 Å². The SMILES string of the molecule is C=CCn1c(=NC(=O)Cc2ccc(F)cc2)sc2cccc(F)c21. The summed E-state index contributed by atoms with van der Waals surface area (Å²) in [6.07, 6.45) is 1.69. The van der Waals surface area contributed by atoms with E-state index < -0.39 is 0 Å². The first-order valence-corrected chi connectivity index (χ1v) is 8.11. The van der Waals surface area contributed by atoms with Gasteiger partial charge in [0.1, 0.15) is 11.6 Å². The smallest absolute Gasteiger partial charge is 0.252 e. The maximum absolute atomic E-state index is 14.1. The predicted octanol–water partition coefficient (Wildman–Crippen LogP) is 3.84. The summed E-state index contributed by atoms with van der Waals surface area (Å²) in [4.78, 5) is 16.7. The third-order valence-corrected chi connectivity index (χ3v) is 4.50. The number of hydrogen-bond donors (Lipinski definition) is 0. The molecule has 0 aliphatic rings. The Kier molecular flexibility index (Phi) is 4.66. The van der Waals surface area contributed by atoms with E-state index in [1.165, 1.54) is 29.5 Å². The van der Waals surface area contributed by atoms with Crippen LogP contribution in [0.3, 0.4) is 0 Å². The van der Waals surface area contributed by atoms with Gasteiger partial charge in [0.25, 0.3) is 5.91 Å². The monoisotopic (exact) mass is 344 g/mol. The molecule has 2 aromatic carbocycles. The van der Waals surface area contributed by atoms with Crippen LogP contribution in [0.2, 0.25) is 0 Å². The molecule has 0 aliphatic heterocycles. The summed E-state index contributed by atoms with van der Waals surface area (Å²) < 4.78 is 29.3. The van der Waals surface area contributed by atoms with Crippen LogP contribution >= 0.6 is 11.3 Å². The second kappa shape index (κ2) is 6.88. The van der Waals surface area contributed by atoms with Gasteiger partial charge in [0.2, 0.25) is 0 Å². The van der Waals surface area contributed by atoms with E-state index in [1.807, 2.05) is 0 Å². The van der Waals surface area contributed by atoms with Gasteiger partial charge in [-0.05, 0) is 29.8 Å². The lowest BCUT2D eigenvalue weighted by atomic mass is 10.1. The van der Waals surface area contributed by atoms with Crippen LogP contribution in [-0.2, 0) is 17.8 Å². The number of carbonyl (C=O) groups excluding carboxylic acids is 1. The minimum Gasteiger partial charge on any atom is -0.310 e. The van der Waals surface area contributed by atoms with Gasteiger partial charge in [-0.3, -0.25) is 4.79 Å². The Labute approximate surface area is 141 Å². The van der Waals surface area contributed by atoms with Gasteiger partial charge in [-0.15, -0.1) is 6.58 Å². The summed E-state index contributed by atoms with van der Waals surface area (Å²) in [5.74, 6) is -1.09. The molecule has 0 saturated heterocycles. The molecule has 6 heteroatoms. The predicted molar refractivity (Wildman–Crippen MR) is 90.6 cm³/mol. The van der Waals surface area contributed by atoms with Gasteiger partial charge in [0.05, 0.1) is 16.6 Å². The van der Waals surface area contributed by atoms with Crippen molar-refractivity contribution in [3.8, 4) is 0 Å². The lowest BCUT2D eigenvalue weighted by Crippen LogP contribution is -2.17. The van der Waals surface area contributed by atoms with Crippen molar-refractivity contribution >= 4 is 27.5 Å². The second-order valence-electron chi connectivity index (χ2n) is 5.18. The highest BCUT2D eigenvalue weighted by atomic mass is 32.1. The van der Waals surface area contributed by atoms with Crippen LogP contribution in [-0.4, -0.2) is 10.5 Å². The van der Waals surface area contributed by atoms with Gasteiger partial charge < -0.3 is 4.57 Å². The Balaban J connectivity index is 2.01. The number of para-hydroxylation sites is 1. The minimum absolute atomic E-state index is 0.0606. The van der Waals surface area contributed by atoms with E-state index in [1.54, 1.807) is 34.9 Å². The van der Waals surface area contributed by atoms with E-state index in [4.69, 9.17) is 0 Å². The first-order valence-electron chi connectivity index (χ1n) is 7.29. The van der Waals surface area contributed by atoms with Crippen LogP contribution in [0, 0.1) is 11.6 Å². The van der Waals surface area contributed by atoms with Gasteiger partial charge in [-0.2, -0.15) is 4.99 Å². The third-order valence-electron chi connectivity index (χ3n) is 3.45. The summed E-state index contributed by atoms with van der Waals surface area (Å²) in [5.41, 5.74) is 1.09. The fraction of sp³-hybridized carbons (Fsp3) is 0.111. The van der Waals surface area contributed by atoms with Gasteiger partial charge >= 0.3 is 0 Å². The molecule has 3 rings (SSSR count). The number of rotatable bonds is 4. The first kappa shape index (κ1) is 16.3. The number of aromatic nitrogens is 1. The molecule has 1 amide bonds. The Bertz CT molecular complexity index is 971. The second-order valence-corrected chi connectivity index (χ2v) is 6.19. The van der Waals surface area contributed by atoms with E-state index in [-0.39, 0.29) is 24.0 Å². The van der Waals surface area contributed by atoms with Crippen molar-refractivity contribution in [3.63, 3.8) is 0 Å². The standard InChI is InChI=1S/C18H14F2N2OS/c1-2-10-22-17-14(20)4-3-5-15(17)24-18(22)21-16(23)11-12-6-8-13(19)9-7-12/h2-9H,1,10-11H2. The normalized spacial score (nSPS) is 11.8. The number of amides is 1. The molecule has 0 radical (unpaired) electrons. The summed E-state index contributed by atoms with van der Waals surface area (Å²) in [7, 11) is 0. The molecule has 3 nitrogen and oxygen atoms in total. The van der Waals surface area contributed by atoms with Gasteiger partial charge in [-0.1, -0.05) is 35.6 Å². The molecule has 1 heterocycles. The van der Waals surface area contributed by atoms with Gasteiger partial charge in [0, 0.05) is 6.54 Å². The Hall–Kier alpha value is -2.60. The quantitative estimate of drug-likeness (QED) is 0.662. The average Bonchev–Trinajstić information content (AvgIpc) is 2.89. The van der Waals surface area contributed by atoms with E-state index in [9.17, 15) is 13.6 Å². The van der Waals surface area contributed by atoms with Gasteiger partial charge in [-0.25, -0.2) is 8.78 Å². The van der Waals surface area contributed by atoms with Crippen LogP contribution in [0.15, 0.2) is 60.1 Å². The zero-order valence-corrected chi connectivity index (χ0v) is 13.5. The molecule has 122 valence electrons. The summed E-state index contributed by atoms with van der Waals surface area (Å²) in [6, 6.07) is 10.5. The van der Waals surface area contributed by atoms with Crippen LogP contribution < -0.4 is 4.80 Å². The number of carbonyl (C=O) groups is 1. The van der Waals surface area contributed by atoms with Crippen molar-refractivity contribution in [3.05, 3.63) is 77.1 Å². The largest absolute Gasteiger partial charge is 0.310 e. The van der Waals surface area contributed by atoms with E-state index in [0.717, 1.165) is 0 Å². The number of halogens is 2. The van der Waals surface area contributed by atoms with Gasteiger partial charge in [0.15, 0.2) is 4.80 Å². The first-order chi connectivity index (χ1) is 11.6. The van der Waals surface area contributed by atoms with Crippen LogP contribution in [0.4, 0.5) is 8.78 Å². The van der Waals surface area contributed by atoms with Crippen molar-refractivity contribution < 1.29 is 13.6 Å². The Morgan fingerprint density at radius 2 is 1.96 bits per heavy atom. The number of allylic oxidation sites excluding steroid dienone is 1. The molecule has 24 heavy (non-hydrogen) atoms. The summed E-state index contributed by atoms with van der Waals surface area (Å²) in [6.45, 7) is 4.02. The van der Waals surface area contributed by atoms with Crippen molar-refractivity contribution in [1.29, 1.82) is 0 Å². The fourth-order valence-electron chi connectivity index (χ4n) is 2.39. The van der Waals surface area contributed by atoms with Crippen LogP contribution in [0.25, 0.3) is 10.2 Å². The Morgan fingerprint density at radius 1 is 1.21 bits per heavy atom. The van der Waals surface area contributed by atoms with Crippen molar-refractivity contribution in [2.75, 3.05) is 0 Å². The molecule has 3 aromatic rings. The van der Waals surface area contributed by atoms with E-state index >= 15 is 0 Å². The molecule has 0 N–H and O–H groups in total. The number of benzene rings is 2. The third kappa shape index (κ3) is 3.33. The van der Waals surface area contributed by atoms with Crippen molar-refractivity contribution in [2.24, 2.45) is 4.99 Å². The minimum atomic E-state index is -0.369. The van der Waals surface area contributed by atoms with E-state index in [0.29, 0.717) is 27.1 Å².